The zero-order valence-corrected chi connectivity index (χ0v) is 19.5. The number of likely N-dealkylation sites (tertiary alicyclic amines) is 1. The third-order valence-corrected chi connectivity index (χ3v) is 7.04. The molecule has 182 valence electrons. The average Bonchev–Trinajstić information content (AvgIpc) is 3.20. The first-order valence-electron chi connectivity index (χ1n) is 11.4. The van der Waals surface area contributed by atoms with E-state index < -0.39 is 11.4 Å². The molecule has 2 aliphatic heterocycles. The monoisotopic (exact) mass is 476 g/mol. The number of hydrogen-bond acceptors (Lipinski definition) is 6. The number of benzene rings is 2. The molecule has 9 heteroatoms. The zero-order valence-electron chi connectivity index (χ0n) is 19.5. The summed E-state index contributed by atoms with van der Waals surface area (Å²) in [4.78, 5) is 41.0. The van der Waals surface area contributed by atoms with Gasteiger partial charge in [-0.05, 0) is 55.7 Å². The van der Waals surface area contributed by atoms with Crippen molar-refractivity contribution < 1.29 is 24.2 Å². The summed E-state index contributed by atoms with van der Waals surface area (Å²) in [6.45, 7) is 1.51. The van der Waals surface area contributed by atoms with Gasteiger partial charge in [-0.25, -0.2) is 4.79 Å². The van der Waals surface area contributed by atoms with Crippen LogP contribution in [0.1, 0.15) is 45.5 Å². The van der Waals surface area contributed by atoms with Crippen LogP contribution >= 0.6 is 0 Å². The molecular formula is C26H28N4O5. The summed E-state index contributed by atoms with van der Waals surface area (Å²) < 4.78 is 5.49. The summed E-state index contributed by atoms with van der Waals surface area (Å²) in [6, 6.07) is 11.3. The zero-order chi connectivity index (χ0) is 25.2. The van der Waals surface area contributed by atoms with Gasteiger partial charge in [-0.3, -0.25) is 9.59 Å². The number of hydrogen-bond donors (Lipinski definition) is 3. The second kappa shape index (κ2) is 9.61. The van der Waals surface area contributed by atoms with Crippen LogP contribution in [0, 0.1) is 10.8 Å². The molecule has 0 saturated carbocycles. The number of nitrogens with one attached hydrogen (secondary N) is 1. The number of carboxylic acids is 1. The average molecular weight is 477 g/mol. The minimum absolute atomic E-state index is 0.0480. The van der Waals surface area contributed by atoms with Crippen molar-refractivity contribution in [3.63, 3.8) is 0 Å². The van der Waals surface area contributed by atoms with Crippen molar-refractivity contribution in [3.05, 3.63) is 65.4 Å². The minimum atomic E-state index is -1.04. The summed E-state index contributed by atoms with van der Waals surface area (Å²) >= 11 is 0. The van der Waals surface area contributed by atoms with Gasteiger partial charge in [0.15, 0.2) is 0 Å². The fraction of sp³-hybridized carbons (Fsp3) is 0.308. The van der Waals surface area contributed by atoms with Crippen LogP contribution in [0.5, 0.6) is 5.75 Å². The Morgan fingerprint density at radius 2 is 1.69 bits per heavy atom. The predicted octanol–water partition coefficient (Wildman–Crippen LogP) is 3.00. The molecule has 4 rings (SSSR count). The van der Waals surface area contributed by atoms with Crippen molar-refractivity contribution in [2.75, 3.05) is 31.6 Å². The number of anilines is 1. The van der Waals surface area contributed by atoms with Gasteiger partial charge in [0.05, 0.1) is 18.1 Å². The largest absolute Gasteiger partial charge is 0.496 e. The third-order valence-electron chi connectivity index (χ3n) is 7.04. The van der Waals surface area contributed by atoms with Crippen LogP contribution in [-0.2, 0) is 4.79 Å². The normalized spacial score (nSPS) is 17.5. The van der Waals surface area contributed by atoms with Crippen LogP contribution < -0.4 is 15.4 Å². The van der Waals surface area contributed by atoms with Crippen molar-refractivity contribution >= 4 is 35.3 Å². The molecule has 2 aromatic carbocycles. The first-order valence-corrected chi connectivity index (χ1v) is 11.4. The number of carbonyl (C=O) groups is 3. The summed E-state index contributed by atoms with van der Waals surface area (Å²) in [5.41, 5.74) is 7.61. The van der Waals surface area contributed by atoms with Crippen LogP contribution in [0.25, 0.3) is 5.57 Å². The number of carbonyl (C=O) groups excluding carboxylic acids is 2. The van der Waals surface area contributed by atoms with Crippen LogP contribution in [0.3, 0.4) is 0 Å². The smallest absolute Gasteiger partial charge is 0.335 e. The highest BCUT2D eigenvalue weighted by Crippen LogP contribution is 2.44. The molecule has 4 N–H and O–H groups in total. The van der Waals surface area contributed by atoms with E-state index in [1.807, 2.05) is 6.07 Å². The van der Waals surface area contributed by atoms with E-state index in [4.69, 9.17) is 21.0 Å². The second-order valence-corrected chi connectivity index (χ2v) is 8.81. The molecule has 0 aliphatic carbocycles. The Morgan fingerprint density at radius 3 is 2.26 bits per heavy atom. The van der Waals surface area contributed by atoms with Crippen molar-refractivity contribution in [2.45, 2.75) is 19.3 Å². The number of carboxylic acid groups (broad SMARTS) is 1. The van der Waals surface area contributed by atoms with E-state index in [2.05, 4.69) is 0 Å². The molecule has 9 nitrogen and oxygen atoms in total. The van der Waals surface area contributed by atoms with E-state index >= 15 is 0 Å². The van der Waals surface area contributed by atoms with Crippen LogP contribution in [-0.4, -0.2) is 60.7 Å². The molecule has 2 fully saturated rings. The molecule has 0 bridgehead atoms. The highest BCUT2D eigenvalue weighted by molar-refractivity contribution is 6.09. The summed E-state index contributed by atoms with van der Waals surface area (Å²) in [5.74, 6) is -0.613. The van der Waals surface area contributed by atoms with Gasteiger partial charge in [0, 0.05) is 60.5 Å². The topological polar surface area (TPSA) is 137 Å². The van der Waals surface area contributed by atoms with Crippen LogP contribution in [0.15, 0.2) is 48.7 Å². The Hall–Kier alpha value is -4.14. The number of piperidine rings is 1. The quantitative estimate of drug-likeness (QED) is 0.548. The standard InChI is InChI=1S/C26H28N4O5/c1-35-22-14-20(6-7-21(22)19(15-27)16-28)30-13-10-26(25(30)34)8-11-29(12-9-26)23(31)17-2-4-18(5-3-17)24(32)33/h2-7,14-16,27H,8-13,28H2,1H3,(H,32,33)/b19-16+,27-15?. The fourth-order valence-corrected chi connectivity index (χ4v) is 4.91. The summed E-state index contributed by atoms with van der Waals surface area (Å²) in [7, 11) is 1.54. The van der Waals surface area contributed by atoms with Crippen molar-refractivity contribution in [1.82, 2.24) is 4.90 Å². The molecular weight excluding hydrogens is 448 g/mol. The molecule has 2 saturated heterocycles. The molecule has 35 heavy (non-hydrogen) atoms. The van der Waals surface area contributed by atoms with E-state index in [1.165, 1.54) is 37.6 Å². The number of nitrogens with zero attached hydrogens (tertiary/aromatic N) is 2. The lowest BCUT2D eigenvalue weighted by Gasteiger charge is -2.38. The number of rotatable bonds is 6. The molecule has 0 unspecified atom stereocenters. The third kappa shape index (κ3) is 4.37. The highest BCUT2D eigenvalue weighted by Gasteiger charge is 2.49. The van der Waals surface area contributed by atoms with Gasteiger partial charge >= 0.3 is 5.97 Å². The summed E-state index contributed by atoms with van der Waals surface area (Å²) in [6.07, 6.45) is 4.35. The molecule has 2 aliphatic rings. The highest BCUT2D eigenvalue weighted by atomic mass is 16.5. The second-order valence-electron chi connectivity index (χ2n) is 8.81. The van der Waals surface area contributed by atoms with Gasteiger partial charge < -0.3 is 30.8 Å². The van der Waals surface area contributed by atoms with Gasteiger partial charge in [0.2, 0.25) is 5.91 Å². The Bertz CT molecular complexity index is 1200. The minimum Gasteiger partial charge on any atom is -0.496 e. The molecule has 2 aromatic rings. The van der Waals surface area contributed by atoms with E-state index in [0.29, 0.717) is 61.3 Å². The Kier molecular flexibility index (Phi) is 6.59. The number of ether oxygens (including phenoxy) is 1. The van der Waals surface area contributed by atoms with Gasteiger partial charge in [-0.2, -0.15) is 0 Å². The van der Waals surface area contributed by atoms with Gasteiger partial charge in [-0.15, -0.1) is 0 Å². The Balaban J connectivity index is 1.46. The van der Waals surface area contributed by atoms with Crippen LogP contribution in [0.2, 0.25) is 0 Å². The number of aromatic carboxylic acids is 1. The van der Waals surface area contributed by atoms with Crippen molar-refractivity contribution in [1.29, 1.82) is 5.41 Å². The predicted molar refractivity (Wildman–Crippen MR) is 132 cm³/mol. The lowest BCUT2D eigenvalue weighted by molar-refractivity contribution is -0.127. The van der Waals surface area contributed by atoms with Crippen molar-refractivity contribution in [2.24, 2.45) is 11.1 Å². The number of methoxy groups -OCH3 is 1. The molecule has 0 aromatic heterocycles. The Labute approximate surface area is 203 Å². The number of amides is 2. The number of allylic oxidation sites excluding steroid dienone is 1. The van der Waals surface area contributed by atoms with Gasteiger partial charge in [0.25, 0.3) is 5.91 Å². The van der Waals surface area contributed by atoms with Gasteiger partial charge in [-0.1, -0.05) is 0 Å². The molecule has 1 spiro atoms. The molecule has 0 atom stereocenters. The molecule has 0 radical (unpaired) electrons. The molecule has 2 heterocycles. The maximum Gasteiger partial charge on any atom is 0.335 e. The van der Waals surface area contributed by atoms with E-state index in [-0.39, 0.29) is 17.4 Å². The maximum absolute atomic E-state index is 13.5. The van der Waals surface area contributed by atoms with E-state index in [1.54, 1.807) is 21.9 Å². The fourth-order valence-electron chi connectivity index (χ4n) is 4.91. The van der Waals surface area contributed by atoms with E-state index in [9.17, 15) is 14.4 Å². The van der Waals surface area contributed by atoms with E-state index in [0.717, 1.165) is 11.9 Å². The van der Waals surface area contributed by atoms with Gasteiger partial charge in [0.1, 0.15) is 5.75 Å². The van der Waals surface area contributed by atoms with Crippen LogP contribution in [0.4, 0.5) is 5.69 Å². The summed E-state index contributed by atoms with van der Waals surface area (Å²) in [5, 5.41) is 16.6. The SMILES string of the molecule is COc1cc(N2CCC3(CCN(C(=O)c4ccc(C(=O)O)cc4)CC3)C2=O)ccc1/C(C=N)=C/N. The maximum atomic E-state index is 13.5. The van der Waals surface area contributed by atoms with Crippen molar-refractivity contribution in [3.8, 4) is 5.75 Å². The number of nitrogens with two attached hydrogens (primary N) is 1. The first kappa shape index (κ1) is 24.0. The molecule has 2 amide bonds. The lowest BCUT2D eigenvalue weighted by atomic mass is 9.77. The Morgan fingerprint density at radius 1 is 1.06 bits per heavy atom. The lowest BCUT2D eigenvalue weighted by Crippen LogP contribution is -2.46. The first-order chi connectivity index (χ1) is 16.8.